The van der Waals surface area contributed by atoms with Gasteiger partial charge in [0, 0.05) is 12.5 Å². The third kappa shape index (κ3) is 4.60. The zero-order valence-electron chi connectivity index (χ0n) is 17.7. The Balaban J connectivity index is 1.61. The van der Waals surface area contributed by atoms with Crippen molar-refractivity contribution in [3.05, 3.63) is 71.7 Å². The number of hydrogen-bond acceptors (Lipinski definition) is 5. The largest absolute Gasteiger partial charge is 0.416 e. The number of anilines is 3. The fourth-order valence-corrected chi connectivity index (χ4v) is 3.40. The molecule has 4 aromatic rings. The Labute approximate surface area is 193 Å². The fourth-order valence-electron chi connectivity index (χ4n) is 3.40. The van der Waals surface area contributed by atoms with Crippen molar-refractivity contribution in [3.63, 3.8) is 0 Å². The standard InChI is InChI=1S/C22H15F5N6O2/c1-10(34)18-8-13(19-20(28)29-9-30-33(18)19)11-2-5-16(15(24)6-11)31-21(35)32-17-7-12(22(25,26)27)3-4-14(17)23/h2-9H,1H3,(H2,28,29,30)(H2,31,32,35). The molecule has 0 spiro atoms. The maximum absolute atomic E-state index is 14.8. The van der Waals surface area contributed by atoms with E-state index in [1.807, 2.05) is 5.32 Å². The molecule has 0 unspecified atom stereocenters. The minimum Gasteiger partial charge on any atom is -0.382 e. The summed E-state index contributed by atoms with van der Waals surface area (Å²) in [6, 6.07) is 5.45. The molecule has 0 radical (unpaired) electrons. The number of carbonyl (C=O) groups excluding carboxylic acids is 2. The van der Waals surface area contributed by atoms with Crippen LogP contribution in [0.15, 0.2) is 48.8 Å². The topological polar surface area (TPSA) is 114 Å². The summed E-state index contributed by atoms with van der Waals surface area (Å²) in [6.07, 6.45) is -3.58. The molecule has 0 saturated carbocycles. The summed E-state index contributed by atoms with van der Waals surface area (Å²) >= 11 is 0. The second-order valence-electron chi connectivity index (χ2n) is 7.37. The van der Waals surface area contributed by atoms with Gasteiger partial charge in [-0.2, -0.15) is 18.3 Å². The van der Waals surface area contributed by atoms with Crippen LogP contribution in [-0.4, -0.2) is 26.4 Å². The second kappa shape index (κ2) is 8.66. The summed E-state index contributed by atoms with van der Waals surface area (Å²) in [6.45, 7) is 1.32. The van der Waals surface area contributed by atoms with Crippen molar-refractivity contribution >= 4 is 34.5 Å². The number of urea groups is 1. The number of nitrogens with zero attached hydrogens (tertiary/aromatic N) is 3. The Morgan fingerprint density at radius 2 is 1.69 bits per heavy atom. The van der Waals surface area contributed by atoms with Crippen LogP contribution in [0.5, 0.6) is 0 Å². The highest BCUT2D eigenvalue weighted by Gasteiger charge is 2.31. The number of fused-ring (bicyclic) bond motifs is 1. The number of nitrogens with two attached hydrogens (primary N) is 1. The number of Topliss-reactive ketones (excluding diaryl/α,β-unsaturated/α-hetero) is 1. The van der Waals surface area contributed by atoms with Gasteiger partial charge in [-0.3, -0.25) is 4.79 Å². The Morgan fingerprint density at radius 3 is 2.34 bits per heavy atom. The molecule has 2 aromatic carbocycles. The average molecular weight is 490 g/mol. The van der Waals surface area contributed by atoms with Gasteiger partial charge in [0.05, 0.1) is 16.9 Å². The number of nitrogen functional groups attached to an aromatic ring is 1. The lowest BCUT2D eigenvalue weighted by molar-refractivity contribution is -0.137. The number of amides is 2. The van der Waals surface area contributed by atoms with Gasteiger partial charge in [-0.1, -0.05) is 6.07 Å². The highest BCUT2D eigenvalue weighted by Crippen LogP contribution is 2.33. The molecule has 0 aliphatic heterocycles. The molecule has 4 N–H and O–H groups in total. The van der Waals surface area contributed by atoms with Crippen molar-refractivity contribution < 1.29 is 31.5 Å². The lowest BCUT2D eigenvalue weighted by Gasteiger charge is -2.12. The van der Waals surface area contributed by atoms with E-state index in [-0.39, 0.29) is 34.1 Å². The number of alkyl halides is 3. The number of benzene rings is 2. The summed E-state index contributed by atoms with van der Waals surface area (Å²) in [4.78, 5) is 28.0. The second-order valence-corrected chi connectivity index (χ2v) is 7.37. The molecule has 4 rings (SSSR count). The van der Waals surface area contributed by atoms with Crippen molar-refractivity contribution in [2.24, 2.45) is 0 Å². The molecule has 2 amide bonds. The van der Waals surface area contributed by atoms with E-state index >= 15 is 0 Å². The molecule has 0 aliphatic carbocycles. The maximum Gasteiger partial charge on any atom is 0.416 e. The minimum atomic E-state index is -4.75. The Morgan fingerprint density at radius 1 is 0.971 bits per heavy atom. The Kier molecular flexibility index (Phi) is 5.84. The first-order chi connectivity index (χ1) is 16.5. The summed E-state index contributed by atoms with van der Waals surface area (Å²) in [5, 5.41) is 8.04. The molecule has 2 heterocycles. The first-order valence-corrected chi connectivity index (χ1v) is 9.83. The SMILES string of the molecule is CC(=O)c1cc(-c2ccc(NC(=O)Nc3cc(C(F)(F)F)ccc3F)c(F)c2)c2c(N)ncnn12. The monoisotopic (exact) mass is 490 g/mol. The molecule has 0 saturated heterocycles. The molecule has 0 fully saturated rings. The summed E-state index contributed by atoms with van der Waals surface area (Å²) in [7, 11) is 0. The number of hydrogen-bond donors (Lipinski definition) is 3. The zero-order valence-corrected chi connectivity index (χ0v) is 17.7. The van der Waals surface area contributed by atoms with Crippen LogP contribution in [0.2, 0.25) is 0 Å². The molecular formula is C22H15F5N6O2. The maximum atomic E-state index is 14.8. The third-order valence-electron chi connectivity index (χ3n) is 5.01. The Hall–Kier alpha value is -4.55. The molecule has 0 atom stereocenters. The number of carbonyl (C=O) groups is 2. The van der Waals surface area contributed by atoms with Crippen molar-refractivity contribution in [3.8, 4) is 11.1 Å². The normalized spacial score (nSPS) is 11.5. The number of halogens is 5. The van der Waals surface area contributed by atoms with Gasteiger partial charge >= 0.3 is 12.2 Å². The van der Waals surface area contributed by atoms with Gasteiger partial charge in [0.1, 0.15) is 29.2 Å². The van der Waals surface area contributed by atoms with Gasteiger partial charge in [0.25, 0.3) is 0 Å². The Bertz CT molecular complexity index is 1480. The number of aromatic nitrogens is 3. The first-order valence-electron chi connectivity index (χ1n) is 9.83. The van der Waals surface area contributed by atoms with E-state index in [4.69, 9.17) is 5.73 Å². The number of nitrogens with one attached hydrogen (secondary N) is 2. The van der Waals surface area contributed by atoms with Crippen LogP contribution in [0.1, 0.15) is 23.0 Å². The summed E-state index contributed by atoms with van der Waals surface area (Å²) in [5.41, 5.74) is 4.78. The van der Waals surface area contributed by atoms with Gasteiger partial charge in [-0.05, 0) is 42.0 Å². The zero-order chi connectivity index (χ0) is 25.5. The lowest BCUT2D eigenvalue weighted by atomic mass is 10.1. The van der Waals surface area contributed by atoms with E-state index in [2.05, 4.69) is 15.4 Å². The van der Waals surface area contributed by atoms with Crippen molar-refractivity contribution in [1.29, 1.82) is 0 Å². The molecule has 180 valence electrons. The molecule has 0 aliphatic rings. The van der Waals surface area contributed by atoms with Crippen molar-refractivity contribution in [1.82, 2.24) is 14.6 Å². The van der Waals surface area contributed by atoms with Gasteiger partial charge in [-0.25, -0.2) is 23.1 Å². The molecule has 8 nitrogen and oxygen atoms in total. The summed E-state index contributed by atoms with van der Waals surface area (Å²) < 4.78 is 68.5. The molecule has 35 heavy (non-hydrogen) atoms. The van der Waals surface area contributed by atoms with Crippen LogP contribution in [0.4, 0.5) is 43.9 Å². The number of rotatable bonds is 4. The fraction of sp³-hybridized carbons (Fsp3) is 0.0909. The third-order valence-corrected chi connectivity index (χ3v) is 5.01. The number of ketones is 1. The van der Waals surface area contributed by atoms with E-state index in [9.17, 15) is 31.5 Å². The molecular weight excluding hydrogens is 475 g/mol. The predicted molar refractivity (Wildman–Crippen MR) is 117 cm³/mol. The highest BCUT2D eigenvalue weighted by molar-refractivity contribution is 6.01. The smallest absolute Gasteiger partial charge is 0.382 e. The van der Waals surface area contributed by atoms with Crippen LogP contribution < -0.4 is 16.4 Å². The van der Waals surface area contributed by atoms with E-state index in [1.54, 1.807) is 0 Å². The van der Waals surface area contributed by atoms with Gasteiger partial charge in [-0.15, -0.1) is 0 Å². The van der Waals surface area contributed by atoms with Crippen LogP contribution in [0, 0.1) is 11.6 Å². The average Bonchev–Trinajstić information content (AvgIpc) is 3.17. The molecule has 13 heteroatoms. The van der Waals surface area contributed by atoms with Crippen LogP contribution in [0.25, 0.3) is 16.6 Å². The summed E-state index contributed by atoms with van der Waals surface area (Å²) in [5.74, 6) is -2.29. The van der Waals surface area contributed by atoms with Crippen LogP contribution in [0.3, 0.4) is 0 Å². The van der Waals surface area contributed by atoms with Gasteiger partial charge < -0.3 is 16.4 Å². The van der Waals surface area contributed by atoms with Crippen molar-refractivity contribution in [2.45, 2.75) is 13.1 Å². The van der Waals surface area contributed by atoms with E-state index in [1.165, 1.54) is 29.6 Å². The van der Waals surface area contributed by atoms with Crippen LogP contribution in [-0.2, 0) is 6.18 Å². The minimum absolute atomic E-state index is 0.0487. The van der Waals surface area contributed by atoms with E-state index < -0.39 is 35.1 Å². The van der Waals surface area contributed by atoms with Crippen molar-refractivity contribution in [2.75, 3.05) is 16.4 Å². The molecule has 0 bridgehead atoms. The quantitative estimate of drug-likeness (QED) is 0.271. The first kappa shape index (κ1) is 23.6. The van der Waals surface area contributed by atoms with Gasteiger partial charge in [0.15, 0.2) is 11.6 Å². The van der Waals surface area contributed by atoms with Gasteiger partial charge in [0.2, 0.25) is 0 Å². The predicted octanol–water partition coefficient (Wildman–Crippen LogP) is 5.12. The van der Waals surface area contributed by atoms with Crippen LogP contribution >= 0.6 is 0 Å². The van der Waals surface area contributed by atoms with E-state index in [0.29, 0.717) is 23.8 Å². The molecule has 2 aromatic heterocycles. The lowest BCUT2D eigenvalue weighted by Crippen LogP contribution is -2.21. The van der Waals surface area contributed by atoms with E-state index in [0.717, 1.165) is 12.4 Å². The highest BCUT2D eigenvalue weighted by atomic mass is 19.4.